The van der Waals surface area contributed by atoms with E-state index in [-0.39, 0.29) is 12.8 Å². The number of anilines is 2. The van der Waals surface area contributed by atoms with E-state index in [9.17, 15) is 9.59 Å². The largest absolute Gasteiger partial charge is 0.481 e. The van der Waals surface area contributed by atoms with E-state index in [2.05, 4.69) is 10.6 Å². The van der Waals surface area contributed by atoms with E-state index in [1.807, 2.05) is 29.2 Å². The molecular formula is C16H23N3O4. The monoisotopic (exact) mass is 321 g/mol. The van der Waals surface area contributed by atoms with Crippen LogP contribution in [-0.2, 0) is 9.53 Å². The van der Waals surface area contributed by atoms with Crippen LogP contribution in [0.2, 0.25) is 0 Å². The van der Waals surface area contributed by atoms with Crippen LogP contribution >= 0.6 is 0 Å². The lowest BCUT2D eigenvalue weighted by molar-refractivity contribution is -0.137. The standard InChI is InChI=1S/C16H23N3O4/c1-15(2,3)23-14(22)18-16(10-9-13(20)21)17-11-7-5-6-8-12(11)19(16)4/h5-8,17H,9-10H2,1-4H3,(H,18,22)(H,20,21)/t16-/m0/s1. The zero-order valence-corrected chi connectivity index (χ0v) is 13.8. The summed E-state index contributed by atoms with van der Waals surface area (Å²) >= 11 is 0. The van der Waals surface area contributed by atoms with E-state index in [4.69, 9.17) is 9.84 Å². The number of hydrogen-bond donors (Lipinski definition) is 3. The first-order chi connectivity index (χ1) is 10.6. The van der Waals surface area contributed by atoms with Crippen molar-refractivity contribution >= 4 is 23.4 Å². The number of carbonyl (C=O) groups is 2. The first-order valence-electron chi connectivity index (χ1n) is 7.47. The van der Waals surface area contributed by atoms with Crippen LogP contribution in [0.5, 0.6) is 0 Å². The van der Waals surface area contributed by atoms with E-state index >= 15 is 0 Å². The summed E-state index contributed by atoms with van der Waals surface area (Å²) in [4.78, 5) is 25.0. The van der Waals surface area contributed by atoms with Gasteiger partial charge in [0.25, 0.3) is 0 Å². The predicted octanol–water partition coefficient (Wildman–Crippen LogP) is 2.59. The maximum Gasteiger partial charge on any atom is 0.410 e. The number of aliphatic carboxylic acids is 1. The minimum atomic E-state index is -1.04. The van der Waals surface area contributed by atoms with Gasteiger partial charge in [0.1, 0.15) is 5.60 Å². The van der Waals surface area contributed by atoms with Crippen molar-refractivity contribution in [2.75, 3.05) is 17.3 Å². The van der Waals surface area contributed by atoms with Crippen LogP contribution in [-0.4, -0.2) is 35.6 Å². The van der Waals surface area contributed by atoms with E-state index in [1.165, 1.54) is 0 Å². The minimum Gasteiger partial charge on any atom is -0.481 e. The second-order valence-corrected chi connectivity index (χ2v) is 6.58. The van der Waals surface area contributed by atoms with Crippen molar-refractivity contribution in [1.82, 2.24) is 5.32 Å². The maximum absolute atomic E-state index is 12.2. The summed E-state index contributed by atoms with van der Waals surface area (Å²) in [5.41, 5.74) is 1.08. The van der Waals surface area contributed by atoms with Crippen LogP contribution in [0.4, 0.5) is 16.2 Å². The van der Waals surface area contributed by atoms with E-state index in [1.54, 1.807) is 27.8 Å². The molecule has 1 amide bonds. The van der Waals surface area contributed by atoms with Gasteiger partial charge in [-0.15, -0.1) is 0 Å². The number of nitrogens with zero attached hydrogens (tertiary/aromatic N) is 1. The van der Waals surface area contributed by atoms with Gasteiger partial charge in [-0.25, -0.2) is 4.79 Å². The molecule has 1 atom stereocenters. The highest BCUT2D eigenvalue weighted by Gasteiger charge is 2.43. The molecule has 3 N–H and O–H groups in total. The van der Waals surface area contributed by atoms with Gasteiger partial charge in [0.15, 0.2) is 5.79 Å². The Bertz CT molecular complexity index is 612. The number of rotatable bonds is 4. The Morgan fingerprint density at radius 2 is 2.00 bits per heavy atom. The van der Waals surface area contributed by atoms with Crippen molar-refractivity contribution in [3.8, 4) is 0 Å². The molecule has 0 aromatic heterocycles. The fourth-order valence-corrected chi connectivity index (χ4v) is 2.55. The third kappa shape index (κ3) is 3.85. The fourth-order valence-electron chi connectivity index (χ4n) is 2.55. The van der Waals surface area contributed by atoms with Crippen LogP contribution < -0.4 is 15.5 Å². The third-order valence-corrected chi connectivity index (χ3v) is 3.59. The molecule has 1 heterocycles. The van der Waals surface area contributed by atoms with Crippen molar-refractivity contribution in [1.29, 1.82) is 0 Å². The molecule has 23 heavy (non-hydrogen) atoms. The number of ether oxygens (including phenoxy) is 1. The van der Waals surface area contributed by atoms with Gasteiger partial charge in [0.2, 0.25) is 0 Å². The number of carboxylic acid groups (broad SMARTS) is 1. The molecule has 2 rings (SSSR count). The lowest BCUT2D eigenvalue weighted by Crippen LogP contribution is -2.62. The summed E-state index contributed by atoms with van der Waals surface area (Å²) in [5.74, 6) is -1.97. The van der Waals surface area contributed by atoms with E-state index < -0.39 is 23.5 Å². The van der Waals surface area contributed by atoms with Gasteiger partial charge in [-0.2, -0.15) is 0 Å². The van der Waals surface area contributed by atoms with Crippen LogP contribution in [0.15, 0.2) is 24.3 Å². The van der Waals surface area contributed by atoms with Gasteiger partial charge in [-0.05, 0) is 32.9 Å². The van der Waals surface area contributed by atoms with Gasteiger partial charge in [0.05, 0.1) is 17.8 Å². The Morgan fingerprint density at radius 3 is 2.57 bits per heavy atom. The molecule has 126 valence electrons. The topological polar surface area (TPSA) is 90.9 Å². The Morgan fingerprint density at radius 1 is 1.35 bits per heavy atom. The second kappa shape index (κ2) is 5.98. The summed E-state index contributed by atoms with van der Waals surface area (Å²) in [7, 11) is 1.80. The summed E-state index contributed by atoms with van der Waals surface area (Å²) < 4.78 is 5.31. The molecule has 0 spiro atoms. The lowest BCUT2D eigenvalue weighted by atomic mass is 10.1. The number of nitrogens with one attached hydrogen (secondary N) is 2. The maximum atomic E-state index is 12.2. The average Bonchev–Trinajstić information content (AvgIpc) is 2.68. The molecule has 1 aliphatic rings. The Hall–Kier alpha value is -2.44. The van der Waals surface area contributed by atoms with Gasteiger partial charge >= 0.3 is 12.1 Å². The molecule has 7 heteroatoms. The number of alkyl carbamates (subject to hydrolysis) is 1. The number of carbonyl (C=O) groups excluding carboxylic acids is 1. The number of fused-ring (bicyclic) bond motifs is 1. The molecule has 0 saturated carbocycles. The average molecular weight is 321 g/mol. The number of para-hydroxylation sites is 2. The molecule has 0 fully saturated rings. The highest BCUT2D eigenvalue weighted by Crippen LogP contribution is 2.39. The van der Waals surface area contributed by atoms with Gasteiger partial charge < -0.3 is 20.1 Å². The normalized spacial score (nSPS) is 19.7. The van der Waals surface area contributed by atoms with Crippen LogP contribution in [0.25, 0.3) is 0 Å². The van der Waals surface area contributed by atoms with Gasteiger partial charge in [-0.3, -0.25) is 10.1 Å². The number of benzene rings is 1. The zero-order valence-electron chi connectivity index (χ0n) is 13.8. The molecule has 1 aromatic rings. The molecule has 1 aliphatic heterocycles. The first kappa shape index (κ1) is 16.9. The van der Waals surface area contributed by atoms with Crippen molar-refractivity contribution in [3.05, 3.63) is 24.3 Å². The van der Waals surface area contributed by atoms with Crippen LogP contribution in [0.1, 0.15) is 33.6 Å². The molecule has 0 radical (unpaired) electrons. The minimum absolute atomic E-state index is 0.0961. The second-order valence-electron chi connectivity index (χ2n) is 6.58. The van der Waals surface area contributed by atoms with E-state index in [0.29, 0.717) is 0 Å². The van der Waals surface area contributed by atoms with Crippen LogP contribution in [0, 0.1) is 0 Å². The third-order valence-electron chi connectivity index (χ3n) is 3.59. The first-order valence-corrected chi connectivity index (χ1v) is 7.47. The molecule has 1 aromatic carbocycles. The molecular weight excluding hydrogens is 298 g/mol. The van der Waals surface area contributed by atoms with Crippen LogP contribution in [0.3, 0.4) is 0 Å². The molecule has 0 unspecified atom stereocenters. The lowest BCUT2D eigenvalue weighted by Gasteiger charge is -2.38. The van der Waals surface area contributed by atoms with Crippen molar-refractivity contribution in [2.24, 2.45) is 0 Å². The number of hydrogen-bond acceptors (Lipinski definition) is 5. The fraction of sp³-hybridized carbons (Fsp3) is 0.500. The molecule has 0 saturated heterocycles. The number of amides is 1. The quantitative estimate of drug-likeness (QED) is 0.789. The molecule has 0 aliphatic carbocycles. The van der Waals surface area contributed by atoms with E-state index in [0.717, 1.165) is 11.4 Å². The SMILES string of the molecule is CN1c2ccccc2N[C@@]1(CCC(=O)O)NC(=O)OC(C)(C)C. The van der Waals surface area contributed by atoms with Crippen molar-refractivity contribution < 1.29 is 19.4 Å². The Labute approximate surface area is 135 Å². The van der Waals surface area contributed by atoms with Crippen molar-refractivity contribution in [3.63, 3.8) is 0 Å². The summed E-state index contributed by atoms with van der Waals surface area (Å²) in [6.45, 7) is 5.32. The highest BCUT2D eigenvalue weighted by molar-refractivity contribution is 5.81. The smallest absolute Gasteiger partial charge is 0.410 e. The predicted molar refractivity (Wildman–Crippen MR) is 87.4 cm³/mol. The van der Waals surface area contributed by atoms with Gasteiger partial charge in [0, 0.05) is 13.5 Å². The summed E-state index contributed by atoms with van der Waals surface area (Å²) in [6.07, 6.45) is -0.511. The molecule has 7 nitrogen and oxygen atoms in total. The zero-order chi connectivity index (χ0) is 17.3. The number of carboxylic acids is 1. The Kier molecular flexibility index (Phi) is 4.40. The Balaban J connectivity index is 2.25. The summed E-state index contributed by atoms with van der Waals surface area (Å²) in [6, 6.07) is 7.55. The molecule has 0 bridgehead atoms. The van der Waals surface area contributed by atoms with Crippen molar-refractivity contribution in [2.45, 2.75) is 45.0 Å². The summed E-state index contributed by atoms with van der Waals surface area (Å²) in [5, 5.41) is 15.0. The van der Waals surface area contributed by atoms with Gasteiger partial charge in [-0.1, -0.05) is 12.1 Å². The highest BCUT2D eigenvalue weighted by atomic mass is 16.6.